The van der Waals surface area contributed by atoms with Gasteiger partial charge in [-0.15, -0.1) is 47.0 Å². The molecule has 0 saturated carbocycles. The van der Waals surface area contributed by atoms with Gasteiger partial charge in [0.2, 0.25) is 0 Å². The Morgan fingerprint density at radius 2 is 0.795 bits per heavy atom. The summed E-state index contributed by atoms with van der Waals surface area (Å²) in [4.78, 5) is 26.2. The van der Waals surface area contributed by atoms with Crippen LogP contribution in [0.15, 0.2) is 37.6 Å². The molecule has 12 heteroatoms. The summed E-state index contributed by atoms with van der Waals surface area (Å²) in [7, 11) is 0. The van der Waals surface area contributed by atoms with Crippen LogP contribution in [0.3, 0.4) is 0 Å². The van der Waals surface area contributed by atoms with Crippen LogP contribution in [0.1, 0.15) is 111 Å². The lowest BCUT2D eigenvalue weighted by Gasteiger charge is -2.06. The molecule has 1 aromatic rings. The van der Waals surface area contributed by atoms with E-state index in [1.54, 1.807) is 53.1 Å². The van der Waals surface area contributed by atoms with Crippen molar-refractivity contribution in [1.82, 2.24) is 0 Å². The largest absolute Gasteiger partial charge is 0.420 e. The molecule has 0 saturated heterocycles. The summed E-state index contributed by atoms with van der Waals surface area (Å²) < 4.78 is 19.1. The van der Waals surface area contributed by atoms with Crippen LogP contribution in [0.25, 0.3) is 11.5 Å². The van der Waals surface area contributed by atoms with Crippen LogP contribution < -0.4 is 0 Å². The molecule has 44 heavy (non-hydrogen) atoms. The summed E-state index contributed by atoms with van der Waals surface area (Å²) in [6.07, 6.45) is 9.39. The van der Waals surface area contributed by atoms with Crippen molar-refractivity contribution in [2.24, 2.45) is 0 Å². The van der Waals surface area contributed by atoms with Crippen molar-refractivity contribution in [2.45, 2.75) is 79.1 Å². The highest BCUT2D eigenvalue weighted by Gasteiger charge is 2.40. The molecule has 4 heterocycles. The van der Waals surface area contributed by atoms with Gasteiger partial charge in [-0.2, -0.15) is 0 Å². The Morgan fingerprint density at radius 1 is 0.500 bits per heavy atom. The summed E-state index contributed by atoms with van der Waals surface area (Å²) >= 11 is 14.5. The van der Waals surface area contributed by atoms with E-state index in [9.17, 15) is 9.59 Å². The van der Waals surface area contributed by atoms with Gasteiger partial charge in [0.15, 0.2) is 11.5 Å². The maximum absolute atomic E-state index is 13.1. The standard InChI is InChI=1S/C32H38O4S8/c1-5-9-13-37-29-30(38-14-10-6-2)42-27(41-29)23-19-17-20-22(18-21(19)25(33)35-23)26(34)36-24(20)28-43-31(39-15-11-7-3)32(44-28)40-16-12-8-4/h17-18H,5-16H2,1-4H3. The normalized spacial score (nSPS) is 17.8. The van der Waals surface area contributed by atoms with E-state index in [0.717, 1.165) is 42.6 Å². The summed E-state index contributed by atoms with van der Waals surface area (Å²) in [5.41, 5.74) is 2.40. The van der Waals surface area contributed by atoms with Crippen LogP contribution in [0.2, 0.25) is 0 Å². The molecule has 4 aliphatic rings. The summed E-state index contributed by atoms with van der Waals surface area (Å²) in [5.74, 6) is 4.76. The monoisotopic (exact) mass is 742 g/mol. The van der Waals surface area contributed by atoms with Gasteiger partial charge in [0, 0.05) is 11.1 Å². The molecule has 0 N–H and O–H groups in total. The molecular weight excluding hydrogens is 705 g/mol. The van der Waals surface area contributed by atoms with Crippen LogP contribution in [0, 0.1) is 0 Å². The van der Waals surface area contributed by atoms with Crippen molar-refractivity contribution in [3.63, 3.8) is 0 Å². The van der Waals surface area contributed by atoms with E-state index in [1.165, 1.54) is 68.3 Å². The molecule has 4 aliphatic heterocycles. The van der Waals surface area contributed by atoms with Crippen molar-refractivity contribution in [2.75, 3.05) is 23.0 Å². The molecule has 0 fully saturated rings. The highest BCUT2D eigenvalue weighted by atomic mass is 32.3. The Bertz CT molecular complexity index is 1260. The van der Waals surface area contributed by atoms with Crippen molar-refractivity contribution in [3.8, 4) is 0 Å². The number of fused-ring (bicyclic) bond motifs is 2. The van der Waals surface area contributed by atoms with Gasteiger partial charge in [-0.1, -0.05) is 100 Å². The number of esters is 2. The third-order valence-corrected chi connectivity index (χ3v) is 18.2. The lowest BCUT2D eigenvalue weighted by atomic mass is 9.99. The highest BCUT2D eigenvalue weighted by Crippen LogP contribution is 2.62. The van der Waals surface area contributed by atoms with Crippen molar-refractivity contribution >= 4 is 118 Å². The van der Waals surface area contributed by atoms with E-state index in [4.69, 9.17) is 9.47 Å². The second kappa shape index (κ2) is 17.4. The Morgan fingerprint density at radius 3 is 1.09 bits per heavy atom. The average Bonchev–Trinajstić information content (AvgIpc) is 3.77. The molecule has 5 rings (SSSR count). The van der Waals surface area contributed by atoms with Crippen LogP contribution in [-0.4, -0.2) is 35.0 Å². The maximum atomic E-state index is 13.1. The van der Waals surface area contributed by atoms with E-state index in [0.29, 0.717) is 22.6 Å². The van der Waals surface area contributed by atoms with Crippen molar-refractivity contribution < 1.29 is 19.1 Å². The van der Waals surface area contributed by atoms with Gasteiger partial charge in [-0.3, -0.25) is 0 Å². The fourth-order valence-electron chi connectivity index (χ4n) is 4.34. The van der Waals surface area contributed by atoms with E-state index in [2.05, 4.69) is 27.7 Å². The van der Waals surface area contributed by atoms with Crippen molar-refractivity contribution in [3.05, 3.63) is 59.8 Å². The number of rotatable bonds is 16. The number of ether oxygens (including phenoxy) is 2. The van der Waals surface area contributed by atoms with E-state index in [1.807, 2.05) is 53.1 Å². The van der Waals surface area contributed by atoms with E-state index >= 15 is 0 Å². The molecule has 0 unspecified atom stereocenters. The third-order valence-electron chi connectivity index (χ3n) is 6.85. The Labute approximate surface area is 296 Å². The van der Waals surface area contributed by atoms with Crippen LogP contribution in [-0.2, 0) is 9.47 Å². The number of hydrogen-bond donors (Lipinski definition) is 0. The molecule has 1 aromatic carbocycles. The molecule has 0 bridgehead atoms. The number of thioether (sulfide) groups is 8. The molecule has 0 aliphatic carbocycles. The van der Waals surface area contributed by atoms with Crippen molar-refractivity contribution in [1.29, 1.82) is 0 Å². The zero-order valence-corrected chi connectivity index (χ0v) is 32.1. The number of unbranched alkanes of at least 4 members (excludes halogenated alkanes) is 4. The molecular formula is C32H38O4S8. The Hall–Kier alpha value is -0.0800. The Kier molecular flexibility index (Phi) is 13.9. The summed E-state index contributed by atoms with van der Waals surface area (Å²) in [6.45, 7) is 8.88. The predicted molar refractivity (Wildman–Crippen MR) is 205 cm³/mol. The van der Waals surface area contributed by atoms with E-state index in [-0.39, 0.29) is 0 Å². The number of carbonyl (C=O) groups is 2. The molecule has 238 valence electrons. The average molecular weight is 743 g/mol. The second-order valence-corrected chi connectivity index (χ2v) is 20.4. The van der Waals surface area contributed by atoms with Gasteiger partial charge < -0.3 is 9.47 Å². The smallest absolute Gasteiger partial charge is 0.344 e. The van der Waals surface area contributed by atoms with E-state index < -0.39 is 11.9 Å². The van der Waals surface area contributed by atoms with Crippen LogP contribution in [0.4, 0.5) is 0 Å². The minimum Gasteiger partial charge on any atom is -0.420 e. The van der Waals surface area contributed by atoms with Gasteiger partial charge in [0.1, 0.15) is 0 Å². The molecule has 0 spiro atoms. The Balaban J connectivity index is 1.45. The first-order valence-corrected chi connectivity index (χ1v) is 22.5. The van der Waals surface area contributed by atoms with Crippen LogP contribution >= 0.6 is 94.1 Å². The topological polar surface area (TPSA) is 52.6 Å². The first kappa shape index (κ1) is 35.2. The first-order chi connectivity index (χ1) is 21.5. The van der Waals surface area contributed by atoms with Gasteiger partial charge >= 0.3 is 11.9 Å². The number of cyclic esters (lactones) is 2. The summed E-state index contributed by atoms with van der Waals surface area (Å²) in [6, 6.07) is 3.65. The number of benzene rings is 1. The quantitative estimate of drug-likeness (QED) is 0.120. The minimum atomic E-state index is -0.400. The molecule has 0 atom stereocenters. The second-order valence-electron chi connectivity index (χ2n) is 10.3. The van der Waals surface area contributed by atoms with Gasteiger partial charge in [-0.25, -0.2) is 9.59 Å². The molecule has 4 nitrogen and oxygen atoms in total. The van der Waals surface area contributed by atoms with Crippen LogP contribution in [0.5, 0.6) is 0 Å². The SMILES string of the molecule is CCCCSC1=C(SCCCC)SC(=C2OC(=O)c3cc4c(cc32)C(=C2SC(SCCCC)=C(SCCCC)S2)OC4=O)S1. The fourth-order valence-corrected chi connectivity index (χ4v) is 16.6. The predicted octanol–water partition coefficient (Wildman–Crippen LogP) is 12.6. The van der Waals surface area contributed by atoms with Gasteiger partial charge in [0.05, 0.1) is 36.5 Å². The number of carbonyl (C=O) groups excluding carboxylic acids is 2. The fraction of sp³-hybridized carbons (Fsp3) is 0.500. The lowest BCUT2D eigenvalue weighted by molar-refractivity contribution is 0.0713. The first-order valence-electron chi connectivity index (χ1n) is 15.3. The minimum absolute atomic E-state index is 0.400. The zero-order valence-electron chi connectivity index (χ0n) is 25.5. The van der Waals surface area contributed by atoms with Gasteiger partial charge in [0.25, 0.3) is 0 Å². The van der Waals surface area contributed by atoms with Gasteiger partial charge in [-0.05, 0) is 60.8 Å². The molecule has 0 radical (unpaired) electrons. The maximum Gasteiger partial charge on any atom is 0.344 e. The third kappa shape index (κ3) is 8.31. The molecule has 0 amide bonds. The number of hydrogen-bond acceptors (Lipinski definition) is 12. The highest BCUT2D eigenvalue weighted by molar-refractivity contribution is 8.41. The summed E-state index contributed by atoms with van der Waals surface area (Å²) in [5, 5.41) is 0. The zero-order chi connectivity index (χ0) is 31.1. The molecule has 0 aromatic heterocycles. The lowest BCUT2D eigenvalue weighted by Crippen LogP contribution is -1.98.